The normalized spacial score (nSPS) is 16.8. The number of aromatic nitrogens is 2. The number of nitrogens with two attached hydrogens (primary N) is 1. The summed E-state index contributed by atoms with van der Waals surface area (Å²) in [5, 5.41) is 4.74. The van der Waals surface area contributed by atoms with Crippen molar-refractivity contribution in [1.29, 1.82) is 0 Å². The third kappa shape index (κ3) is 1.89. The molecule has 4 heteroatoms. The Bertz CT molecular complexity index is 584. The van der Waals surface area contributed by atoms with Gasteiger partial charge in [0.25, 0.3) is 0 Å². The summed E-state index contributed by atoms with van der Waals surface area (Å²) in [5.41, 5.74) is 9.40. The Morgan fingerprint density at radius 1 is 1.39 bits per heavy atom. The molecule has 2 aromatic rings. The van der Waals surface area contributed by atoms with Gasteiger partial charge in [-0.25, -0.2) is 4.68 Å². The number of halogens is 1. The zero-order valence-electron chi connectivity index (χ0n) is 10.4. The summed E-state index contributed by atoms with van der Waals surface area (Å²) < 4.78 is 3.06. The molecule has 3 nitrogen and oxygen atoms in total. The van der Waals surface area contributed by atoms with Crippen LogP contribution < -0.4 is 5.73 Å². The molecule has 0 radical (unpaired) electrons. The number of hydrogen-bond acceptors (Lipinski definition) is 2. The van der Waals surface area contributed by atoms with Crippen molar-refractivity contribution in [2.24, 2.45) is 5.73 Å². The van der Waals surface area contributed by atoms with Crippen LogP contribution in [0, 0.1) is 6.92 Å². The van der Waals surface area contributed by atoms with E-state index in [1.807, 2.05) is 16.8 Å². The molecule has 0 saturated heterocycles. The van der Waals surface area contributed by atoms with Crippen molar-refractivity contribution in [3.63, 3.8) is 0 Å². The molecule has 1 aliphatic rings. The standard InChI is InChI=1S/C14H16BrN3/c1-10-7-13(14(9-16)5-6-14)17-18(10)12-4-2-3-11(15)8-12/h2-4,7-8H,5-6,9,16H2,1H3. The third-order valence-electron chi connectivity index (χ3n) is 3.73. The Morgan fingerprint density at radius 3 is 2.78 bits per heavy atom. The molecule has 0 atom stereocenters. The summed E-state index contributed by atoms with van der Waals surface area (Å²) in [4.78, 5) is 0. The molecular formula is C14H16BrN3. The number of hydrogen-bond donors (Lipinski definition) is 1. The smallest absolute Gasteiger partial charge is 0.0706 e. The second-order valence-electron chi connectivity index (χ2n) is 5.05. The van der Waals surface area contributed by atoms with Gasteiger partial charge in [-0.2, -0.15) is 5.10 Å². The van der Waals surface area contributed by atoms with Gasteiger partial charge in [0, 0.05) is 22.1 Å². The summed E-state index contributed by atoms with van der Waals surface area (Å²) >= 11 is 3.50. The van der Waals surface area contributed by atoms with E-state index >= 15 is 0 Å². The fourth-order valence-corrected chi connectivity index (χ4v) is 2.71. The highest BCUT2D eigenvalue weighted by atomic mass is 79.9. The van der Waals surface area contributed by atoms with E-state index in [-0.39, 0.29) is 5.41 Å². The molecule has 0 bridgehead atoms. The van der Waals surface area contributed by atoms with Gasteiger partial charge in [-0.1, -0.05) is 22.0 Å². The van der Waals surface area contributed by atoms with Crippen molar-refractivity contribution in [1.82, 2.24) is 9.78 Å². The minimum absolute atomic E-state index is 0.155. The van der Waals surface area contributed by atoms with Crippen LogP contribution in [0.4, 0.5) is 0 Å². The van der Waals surface area contributed by atoms with Crippen LogP contribution in [0.5, 0.6) is 0 Å². The molecule has 0 unspecified atom stereocenters. The van der Waals surface area contributed by atoms with E-state index in [2.05, 4.69) is 41.1 Å². The topological polar surface area (TPSA) is 43.8 Å². The third-order valence-corrected chi connectivity index (χ3v) is 4.22. The van der Waals surface area contributed by atoms with Crippen molar-refractivity contribution in [2.45, 2.75) is 25.2 Å². The molecule has 1 saturated carbocycles. The average Bonchev–Trinajstić information content (AvgIpc) is 3.07. The van der Waals surface area contributed by atoms with Gasteiger partial charge < -0.3 is 5.73 Å². The SMILES string of the molecule is Cc1cc(C2(CN)CC2)nn1-c1cccc(Br)c1. The van der Waals surface area contributed by atoms with Gasteiger partial charge in [-0.3, -0.25) is 0 Å². The summed E-state index contributed by atoms with van der Waals surface area (Å²) in [5.74, 6) is 0. The Kier molecular flexibility index (Phi) is 2.79. The molecule has 0 aliphatic heterocycles. The molecule has 1 heterocycles. The van der Waals surface area contributed by atoms with Crippen molar-refractivity contribution in [3.05, 3.63) is 46.2 Å². The van der Waals surface area contributed by atoms with Gasteiger partial charge in [0.05, 0.1) is 11.4 Å². The molecule has 1 fully saturated rings. The lowest BCUT2D eigenvalue weighted by atomic mass is 10.0. The Morgan fingerprint density at radius 2 is 2.17 bits per heavy atom. The van der Waals surface area contributed by atoms with Crippen LogP contribution in [0.2, 0.25) is 0 Å². The van der Waals surface area contributed by atoms with Crippen molar-refractivity contribution >= 4 is 15.9 Å². The second-order valence-corrected chi connectivity index (χ2v) is 5.96. The summed E-state index contributed by atoms with van der Waals surface area (Å²) in [6, 6.07) is 10.4. The van der Waals surface area contributed by atoms with E-state index in [1.165, 1.54) is 12.8 Å². The van der Waals surface area contributed by atoms with Crippen LogP contribution in [0.3, 0.4) is 0 Å². The first-order chi connectivity index (χ1) is 8.64. The van der Waals surface area contributed by atoms with Crippen molar-refractivity contribution in [2.75, 3.05) is 6.54 Å². The van der Waals surface area contributed by atoms with Crippen LogP contribution in [0.1, 0.15) is 24.2 Å². The summed E-state index contributed by atoms with van der Waals surface area (Å²) in [7, 11) is 0. The predicted molar refractivity (Wildman–Crippen MR) is 76.0 cm³/mol. The molecule has 0 spiro atoms. The highest BCUT2D eigenvalue weighted by Gasteiger charge is 2.45. The van der Waals surface area contributed by atoms with Gasteiger partial charge in [0.1, 0.15) is 0 Å². The number of rotatable bonds is 3. The zero-order chi connectivity index (χ0) is 12.8. The highest BCUT2D eigenvalue weighted by Crippen LogP contribution is 2.46. The number of benzene rings is 1. The van der Waals surface area contributed by atoms with Gasteiger partial charge >= 0.3 is 0 Å². The van der Waals surface area contributed by atoms with Gasteiger partial charge in [-0.05, 0) is 44.0 Å². The lowest BCUT2D eigenvalue weighted by molar-refractivity contribution is 0.660. The Hall–Kier alpha value is -1.13. The van der Waals surface area contributed by atoms with Crippen LogP contribution in [0.25, 0.3) is 5.69 Å². The molecule has 1 aromatic heterocycles. The molecule has 3 rings (SSSR count). The maximum Gasteiger partial charge on any atom is 0.0706 e. The van der Waals surface area contributed by atoms with Crippen LogP contribution in [-0.2, 0) is 5.41 Å². The van der Waals surface area contributed by atoms with E-state index in [4.69, 9.17) is 10.8 Å². The van der Waals surface area contributed by atoms with Gasteiger partial charge in [-0.15, -0.1) is 0 Å². The maximum atomic E-state index is 5.87. The first-order valence-electron chi connectivity index (χ1n) is 6.18. The molecule has 1 aromatic carbocycles. The van der Waals surface area contributed by atoms with Crippen LogP contribution >= 0.6 is 15.9 Å². The fourth-order valence-electron chi connectivity index (χ4n) is 2.32. The van der Waals surface area contributed by atoms with E-state index in [0.29, 0.717) is 6.54 Å². The van der Waals surface area contributed by atoms with E-state index < -0.39 is 0 Å². The Balaban J connectivity index is 2.03. The lowest BCUT2D eigenvalue weighted by Crippen LogP contribution is -2.20. The molecule has 94 valence electrons. The van der Waals surface area contributed by atoms with Gasteiger partial charge in [0.2, 0.25) is 0 Å². The monoisotopic (exact) mass is 305 g/mol. The molecular weight excluding hydrogens is 290 g/mol. The van der Waals surface area contributed by atoms with E-state index in [1.54, 1.807) is 0 Å². The van der Waals surface area contributed by atoms with E-state index in [0.717, 1.165) is 21.5 Å². The predicted octanol–water partition coefficient (Wildman–Crippen LogP) is 2.93. The molecule has 1 aliphatic carbocycles. The van der Waals surface area contributed by atoms with Gasteiger partial charge in [0.15, 0.2) is 0 Å². The van der Waals surface area contributed by atoms with Crippen molar-refractivity contribution < 1.29 is 0 Å². The quantitative estimate of drug-likeness (QED) is 0.947. The average molecular weight is 306 g/mol. The molecule has 18 heavy (non-hydrogen) atoms. The van der Waals surface area contributed by atoms with Crippen LogP contribution in [0.15, 0.2) is 34.8 Å². The Labute approximate surface area is 115 Å². The molecule has 2 N–H and O–H groups in total. The van der Waals surface area contributed by atoms with E-state index in [9.17, 15) is 0 Å². The van der Waals surface area contributed by atoms with Crippen molar-refractivity contribution in [3.8, 4) is 5.69 Å². The first-order valence-corrected chi connectivity index (χ1v) is 6.97. The fraction of sp³-hybridized carbons (Fsp3) is 0.357. The van der Waals surface area contributed by atoms with Crippen LogP contribution in [-0.4, -0.2) is 16.3 Å². The zero-order valence-corrected chi connectivity index (χ0v) is 11.9. The second kappa shape index (κ2) is 4.21. The summed E-state index contributed by atoms with van der Waals surface area (Å²) in [6.45, 7) is 2.78. The number of nitrogens with zero attached hydrogens (tertiary/aromatic N) is 2. The lowest BCUT2D eigenvalue weighted by Gasteiger charge is -2.08. The minimum Gasteiger partial charge on any atom is -0.330 e. The summed E-state index contributed by atoms with van der Waals surface area (Å²) in [6.07, 6.45) is 2.33. The number of aryl methyl sites for hydroxylation is 1. The highest BCUT2D eigenvalue weighted by molar-refractivity contribution is 9.10. The largest absolute Gasteiger partial charge is 0.330 e. The molecule has 0 amide bonds. The maximum absolute atomic E-state index is 5.87. The first kappa shape index (κ1) is 11.9. The minimum atomic E-state index is 0.155.